The molecule has 1 aromatic heterocycles. The van der Waals surface area contributed by atoms with Gasteiger partial charge in [0.15, 0.2) is 5.96 Å². The smallest absolute Gasteiger partial charge is 0.219 e. The van der Waals surface area contributed by atoms with Crippen molar-refractivity contribution in [3.8, 4) is 11.6 Å². The lowest BCUT2D eigenvalue weighted by Gasteiger charge is -2.11. The molecule has 0 aliphatic heterocycles. The van der Waals surface area contributed by atoms with Crippen LogP contribution in [-0.2, 0) is 6.54 Å². The quantitative estimate of drug-likeness (QED) is 0.434. The van der Waals surface area contributed by atoms with E-state index in [-0.39, 0.29) is 5.82 Å². The van der Waals surface area contributed by atoms with Gasteiger partial charge in [-0.25, -0.2) is 14.4 Å². The Hall–Kier alpha value is -2.63. The minimum absolute atomic E-state index is 0.296. The van der Waals surface area contributed by atoms with Gasteiger partial charge in [-0.3, -0.25) is 0 Å². The maximum absolute atomic E-state index is 12.9. The van der Waals surface area contributed by atoms with Crippen LogP contribution in [0.5, 0.6) is 11.6 Å². The second kappa shape index (κ2) is 10.3. The van der Waals surface area contributed by atoms with Crippen molar-refractivity contribution in [2.24, 2.45) is 4.99 Å². The highest BCUT2D eigenvalue weighted by molar-refractivity contribution is 5.79. The van der Waals surface area contributed by atoms with Gasteiger partial charge < -0.3 is 15.4 Å². The molecule has 0 spiro atoms. The van der Waals surface area contributed by atoms with Gasteiger partial charge in [0.05, 0.1) is 6.54 Å². The largest absolute Gasteiger partial charge is 0.439 e. The third-order valence-electron chi connectivity index (χ3n) is 3.42. The Morgan fingerprint density at radius 3 is 2.68 bits per heavy atom. The number of pyridine rings is 1. The van der Waals surface area contributed by atoms with E-state index >= 15 is 0 Å². The van der Waals surface area contributed by atoms with E-state index in [2.05, 4.69) is 27.5 Å². The molecule has 0 atom stereocenters. The number of guanidine groups is 1. The molecule has 0 unspecified atom stereocenters. The van der Waals surface area contributed by atoms with Crippen LogP contribution in [0.25, 0.3) is 0 Å². The Kier molecular flexibility index (Phi) is 7.69. The third kappa shape index (κ3) is 6.79. The summed E-state index contributed by atoms with van der Waals surface area (Å²) in [6.07, 6.45) is 3.93. The summed E-state index contributed by atoms with van der Waals surface area (Å²) in [6, 6.07) is 9.59. The zero-order valence-corrected chi connectivity index (χ0v) is 14.8. The number of hydrogen-bond donors (Lipinski definition) is 2. The summed E-state index contributed by atoms with van der Waals surface area (Å²) in [6.45, 7) is 6.43. The molecule has 0 aliphatic carbocycles. The molecule has 0 radical (unpaired) electrons. The minimum atomic E-state index is -0.296. The second-order valence-electron chi connectivity index (χ2n) is 5.53. The number of nitrogens with zero attached hydrogens (tertiary/aromatic N) is 2. The Morgan fingerprint density at radius 2 is 1.96 bits per heavy atom. The van der Waals surface area contributed by atoms with Gasteiger partial charge in [-0.15, -0.1) is 0 Å². The molecule has 134 valence electrons. The third-order valence-corrected chi connectivity index (χ3v) is 3.42. The highest BCUT2D eigenvalue weighted by Gasteiger charge is 2.02. The van der Waals surface area contributed by atoms with E-state index in [1.165, 1.54) is 12.1 Å². The molecule has 2 N–H and O–H groups in total. The SMILES string of the molecule is CCCCNC(=NCc1ccnc(Oc2ccc(F)cc2)c1)NCC. The number of rotatable bonds is 8. The fourth-order valence-corrected chi connectivity index (χ4v) is 2.12. The number of hydrogen-bond acceptors (Lipinski definition) is 3. The molecule has 6 heteroatoms. The van der Waals surface area contributed by atoms with E-state index in [9.17, 15) is 4.39 Å². The van der Waals surface area contributed by atoms with Crippen LogP contribution in [0, 0.1) is 5.82 Å². The lowest BCUT2D eigenvalue weighted by molar-refractivity contribution is 0.460. The van der Waals surface area contributed by atoms with Crippen molar-refractivity contribution in [1.82, 2.24) is 15.6 Å². The average molecular weight is 344 g/mol. The fourth-order valence-electron chi connectivity index (χ4n) is 2.12. The lowest BCUT2D eigenvalue weighted by Crippen LogP contribution is -2.37. The highest BCUT2D eigenvalue weighted by atomic mass is 19.1. The predicted molar refractivity (Wildman–Crippen MR) is 98.4 cm³/mol. The molecule has 0 aliphatic rings. The lowest BCUT2D eigenvalue weighted by atomic mass is 10.2. The van der Waals surface area contributed by atoms with Gasteiger partial charge in [0.2, 0.25) is 5.88 Å². The van der Waals surface area contributed by atoms with Crippen molar-refractivity contribution in [3.63, 3.8) is 0 Å². The van der Waals surface area contributed by atoms with Gasteiger partial charge in [0.25, 0.3) is 0 Å². The monoisotopic (exact) mass is 344 g/mol. The van der Waals surface area contributed by atoms with E-state index in [1.807, 2.05) is 19.1 Å². The van der Waals surface area contributed by atoms with Crippen LogP contribution in [-0.4, -0.2) is 24.0 Å². The Labute approximate surface area is 148 Å². The number of aliphatic imine (C=N–C) groups is 1. The molecule has 1 aromatic carbocycles. The normalized spacial score (nSPS) is 11.2. The highest BCUT2D eigenvalue weighted by Crippen LogP contribution is 2.20. The summed E-state index contributed by atoms with van der Waals surface area (Å²) in [5.74, 6) is 1.51. The second-order valence-corrected chi connectivity index (χ2v) is 5.53. The number of nitrogens with one attached hydrogen (secondary N) is 2. The summed E-state index contributed by atoms with van der Waals surface area (Å²) in [4.78, 5) is 8.76. The van der Waals surface area contributed by atoms with Crippen molar-refractivity contribution in [1.29, 1.82) is 0 Å². The number of benzene rings is 1. The maximum Gasteiger partial charge on any atom is 0.219 e. The van der Waals surface area contributed by atoms with Crippen molar-refractivity contribution >= 4 is 5.96 Å². The van der Waals surface area contributed by atoms with Gasteiger partial charge in [-0.2, -0.15) is 0 Å². The maximum atomic E-state index is 12.9. The van der Waals surface area contributed by atoms with E-state index in [0.717, 1.165) is 37.5 Å². The first-order valence-electron chi connectivity index (χ1n) is 8.61. The molecule has 0 saturated carbocycles. The first kappa shape index (κ1) is 18.7. The zero-order chi connectivity index (χ0) is 17.9. The van der Waals surface area contributed by atoms with Crippen LogP contribution < -0.4 is 15.4 Å². The van der Waals surface area contributed by atoms with Crippen LogP contribution in [0.3, 0.4) is 0 Å². The standard InChI is InChI=1S/C19H25FN4O/c1-3-5-11-23-19(21-4-2)24-14-15-10-12-22-18(13-15)25-17-8-6-16(20)7-9-17/h6-10,12-13H,3-5,11,14H2,1-2H3,(H2,21,23,24). The number of aromatic nitrogens is 1. The van der Waals surface area contributed by atoms with Gasteiger partial charge in [-0.1, -0.05) is 13.3 Å². The molecule has 0 amide bonds. The zero-order valence-electron chi connectivity index (χ0n) is 14.8. The van der Waals surface area contributed by atoms with Crippen LogP contribution in [0.4, 0.5) is 4.39 Å². The van der Waals surface area contributed by atoms with Gasteiger partial charge in [0.1, 0.15) is 11.6 Å². The Bertz CT molecular complexity index is 673. The van der Waals surface area contributed by atoms with Gasteiger partial charge >= 0.3 is 0 Å². The molecule has 5 nitrogen and oxygen atoms in total. The molecular weight excluding hydrogens is 319 g/mol. The van der Waals surface area contributed by atoms with E-state index < -0.39 is 0 Å². The minimum Gasteiger partial charge on any atom is -0.439 e. The molecule has 0 bridgehead atoms. The van der Waals surface area contributed by atoms with Crippen molar-refractivity contribution in [3.05, 3.63) is 54.0 Å². The predicted octanol–water partition coefficient (Wildman–Crippen LogP) is 3.87. The molecule has 25 heavy (non-hydrogen) atoms. The van der Waals surface area contributed by atoms with Crippen LogP contribution in [0.2, 0.25) is 0 Å². The van der Waals surface area contributed by atoms with Gasteiger partial charge in [-0.05, 0) is 49.2 Å². The summed E-state index contributed by atoms with van der Waals surface area (Å²) in [7, 11) is 0. The molecule has 2 rings (SSSR count). The van der Waals surface area contributed by atoms with E-state index in [4.69, 9.17) is 4.74 Å². The molecule has 1 heterocycles. The summed E-state index contributed by atoms with van der Waals surface area (Å²) in [5.41, 5.74) is 0.986. The number of unbranched alkanes of at least 4 members (excludes halogenated alkanes) is 1. The molecule has 0 fully saturated rings. The molecule has 2 aromatic rings. The van der Waals surface area contributed by atoms with Crippen molar-refractivity contribution < 1.29 is 9.13 Å². The summed E-state index contributed by atoms with van der Waals surface area (Å²) < 4.78 is 18.6. The first-order chi connectivity index (χ1) is 12.2. The Balaban J connectivity index is 1.99. The van der Waals surface area contributed by atoms with Crippen LogP contribution >= 0.6 is 0 Å². The topological polar surface area (TPSA) is 58.5 Å². The van der Waals surface area contributed by atoms with Crippen molar-refractivity contribution in [2.45, 2.75) is 33.2 Å². The molecular formula is C19H25FN4O. The first-order valence-corrected chi connectivity index (χ1v) is 8.61. The average Bonchev–Trinajstić information content (AvgIpc) is 2.62. The van der Waals surface area contributed by atoms with Gasteiger partial charge in [0, 0.05) is 25.4 Å². The van der Waals surface area contributed by atoms with Crippen molar-refractivity contribution in [2.75, 3.05) is 13.1 Å². The Morgan fingerprint density at radius 1 is 1.16 bits per heavy atom. The summed E-state index contributed by atoms with van der Waals surface area (Å²) >= 11 is 0. The number of ether oxygens (including phenoxy) is 1. The summed E-state index contributed by atoms with van der Waals surface area (Å²) in [5, 5.41) is 6.54. The van der Waals surface area contributed by atoms with E-state index in [0.29, 0.717) is 18.2 Å². The van der Waals surface area contributed by atoms with Crippen LogP contribution in [0.15, 0.2) is 47.6 Å². The fraction of sp³-hybridized carbons (Fsp3) is 0.368. The van der Waals surface area contributed by atoms with E-state index in [1.54, 1.807) is 18.3 Å². The number of halogens is 1. The van der Waals surface area contributed by atoms with Crippen LogP contribution in [0.1, 0.15) is 32.3 Å². The molecule has 0 saturated heterocycles.